The number of benzene rings is 2. The van der Waals surface area contributed by atoms with E-state index in [-0.39, 0.29) is 0 Å². The van der Waals surface area contributed by atoms with E-state index in [0.29, 0.717) is 0 Å². The molecule has 2 aromatic carbocycles. The van der Waals surface area contributed by atoms with E-state index >= 15 is 0 Å². The maximum absolute atomic E-state index is 5.33. The minimum atomic E-state index is -1.74. The van der Waals surface area contributed by atoms with E-state index in [2.05, 4.69) is 81.6 Å². The quantitative estimate of drug-likeness (QED) is 0.716. The molecule has 1 nitrogen and oxygen atoms in total. The molecule has 0 aliphatic carbocycles. The molecule has 0 unspecified atom stereocenters. The predicted octanol–water partition coefficient (Wildman–Crippen LogP) is 3.36. The number of aryl methyl sites for hydroxylation is 1. The Morgan fingerprint density at radius 1 is 0.762 bits per heavy atom. The summed E-state index contributed by atoms with van der Waals surface area (Å²) in [4.78, 5) is 0. The summed E-state index contributed by atoms with van der Waals surface area (Å²) in [5, 5.41) is 4.52. The molecule has 1 aliphatic heterocycles. The smallest absolute Gasteiger partial charge is 0.205 e. The second-order valence-electron chi connectivity index (χ2n) is 7.06. The summed E-state index contributed by atoms with van der Waals surface area (Å²) in [6.07, 6.45) is 0. The molecular formula is C18H23NSi2. The Labute approximate surface area is 129 Å². The summed E-state index contributed by atoms with van der Waals surface area (Å²) in [6, 6.07) is 17.9. The van der Waals surface area contributed by atoms with Gasteiger partial charge in [-0.15, -0.1) is 0 Å². The molecule has 0 atom stereocenters. The molecule has 2 aromatic rings. The van der Waals surface area contributed by atoms with E-state index in [4.69, 9.17) is 4.66 Å². The minimum Gasteiger partial charge on any atom is -0.324 e. The van der Waals surface area contributed by atoms with Gasteiger partial charge in [-0.25, -0.2) is 0 Å². The normalized spacial score (nSPS) is 18.8. The van der Waals surface area contributed by atoms with Crippen molar-refractivity contribution < 1.29 is 0 Å². The van der Waals surface area contributed by atoms with Crippen LogP contribution in [0.1, 0.15) is 11.1 Å². The van der Waals surface area contributed by atoms with Crippen LogP contribution < -0.4 is 10.4 Å². The standard InChI is InChI=1S/C18H23NSi2/c1-14-10-12-15(13-11-14)18-19-21(4,5)17-9-7-6-8-16(17)20(18,2)3/h6-13H,1-5H3. The third kappa shape index (κ3) is 2.34. The lowest BCUT2D eigenvalue weighted by molar-refractivity contribution is 1.45. The first-order chi connectivity index (χ1) is 9.82. The lowest BCUT2D eigenvalue weighted by Crippen LogP contribution is -2.66. The Morgan fingerprint density at radius 3 is 1.95 bits per heavy atom. The van der Waals surface area contributed by atoms with Gasteiger partial charge in [-0.05, 0) is 30.8 Å². The molecule has 0 bridgehead atoms. The third-order valence-electron chi connectivity index (χ3n) is 4.57. The summed E-state index contributed by atoms with van der Waals surface area (Å²) in [5.74, 6) is 0. The summed E-state index contributed by atoms with van der Waals surface area (Å²) in [5.41, 5.74) is 2.64. The highest BCUT2D eigenvalue weighted by Gasteiger charge is 2.42. The average Bonchev–Trinajstić information content (AvgIpc) is 2.45. The SMILES string of the molecule is Cc1ccc(C2=N[Si](C)(C)c3ccccc3[Si]2(C)C)cc1. The Morgan fingerprint density at radius 2 is 1.33 bits per heavy atom. The Hall–Kier alpha value is -1.46. The van der Waals surface area contributed by atoms with Crippen LogP contribution in [0.25, 0.3) is 0 Å². The van der Waals surface area contributed by atoms with Gasteiger partial charge in [-0.3, -0.25) is 0 Å². The number of rotatable bonds is 1. The van der Waals surface area contributed by atoms with Crippen molar-refractivity contribution in [3.8, 4) is 0 Å². The molecule has 21 heavy (non-hydrogen) atoms. The zero-order chi connectivity index (χ0) is 15.3. The van der Waals surface area contributed by atoms with Gasteiger partial charge >= 0.3 is 0 Å². The molecule has 108 valence electrons. The van der Waals surface area contributed by atoms with Crippen LogP contribution in [0.4, 0.5) is 0 Å². The van der Waals surface area contributed by atoms with E-state index in [9.17, 15) is 0 Å². The van der Waals surface area contributed by atoms with Crippen LogP contribution in [-0.2, 0) is 0 Å². The fourth-order valence-corrected chi connectivity index (χ4v) is 11.6. The topological polar surface area (TPSA) is 12.4 Å². The fourth-order valence-electron chi connectivity index (χ4n) is 3.31. The van der Waals surface area contributed by atoms with Gasteiger partial charge in [0.15, 0.2) is 0 Å². The molecule has 0 N–H and O–H groups in total. The molecule has 3 rings (SSSR count). The van der Waals surface area contributed by atoms with Crippen molar-refractivity contribution in [3.63, 3.8) is 0 Å². The average molecular weight is 310 g/mol. The largest absolute Gasteiger partial charge is 0.324 e. The molecule has 0 radical (unpaired) electrons. The Bertz CT molecular complexity index is 712. The lowest BCUT2D eigenvalue weighted by Gasteiger charge is -2.38. The van der Waals surface area contributed by atoms with Crippen molar-refractivity contribution in [2.45, 2.75) is 33.1 Å². The highest BCUT2D eigenvalue weighted by atomic mass is 28.3. The minimum absolute atomic E-state index is 1.31. The molecule has 0 saturated heterocycles. The van der Waals surface area contributed by atoms with E-state index in [1.54, 1.807) is 5.19 Å². The van der Waals surface area contributed by atoms with Gasteiger partial charge in [0.2, 0.25) is 8.24 Å². The monoisotopic (exact) mass is 309 g/mol. The van der Waals surface area contributed by atoms with Crippen LogP contribution in [0.15, 0.2) is 53.2 Å². The number of hydrogen-bond donors (Lipinski definition) is 0. The van der Waals surface area contributed by atoms with Crippen LogP contribution in [-0.4, -0.2) is 21.6 Å². The van der Waals surface area contributed by atoms with Crippen LogP contribution >= 0.6 is 0 Å². The van der Waals surface area contributed by atoms with Crippen molar-refractivity contribution in [3.05, 3.63) is 59.7 Å². The predicted molar refractivity (Wildman–Crippen MR) is 98.4 cm³/mol. The highest BCUT2D eigenvalue weighted by molar-refractivity contribution is 7.21. The summed E-state index contributed by atoms with van der Waals surface area (Å²) in [7, 11) is -3.44. The molecule has 0 amide bonds. The van der Waals surface area contributed by atoms with Gasteiger partial charge in [0, 0.05) is 5.33 Å². The van der Waals surface area contributed by atoms with Gasteiger partial charge < -0.3 is 4.66 Å². The zero-order valence-electron chi connectivity index (χ0n) is 13.6. The summed E-state index contributed by atoms with van der Waals surface area (Å²) >= 11 is 0. The second kappa shape index (κ2) is 4.78. The van der Waals surface area contributed by atoms with E-state index in [1.807, 2.05) is 0 Å². The van der Waals surface area contributed by atoms with E-state index < -0.39 is 16.3 Å². The molecule has 0 aromatic heterocycles. The molecule has 0 spiro atoms. The zero-order valence-corrected chi connectivity index (χ0v) is 15.6. The summed E-state index contributed by atoms with van der Waals surface area (Å²) in [6.45, 7) is 11.7. The van der Waals surface area contributed by atoms with Crippen LogP contribution in [0.5, 0.6) is 0 Å². The number of nitrogens with zero attached hydrogens (tertiary/aromatic N) is 1. The van der Waals surface area contributed by atoms with Gasteiger partial charge in [0.05, 0.1) is 0 Å². The molecular weight excluding hydrogens is 286 g/mol. The van der Waals surface area contributed by atoms with Crippen LogP contribution in [0.2, 0.25) is 26.2 Å². The third-order valence-corrected chi connectivity index (χ3v) is 10.9. The number of hydrogen-bond acceptors (Lipinski definition) is 1. The molecule has 0 fully saturated rings. The molecule has 3 heteroatoms. The first-order valence-corrected chi connectivity index (χ1v) is 13.5. The first-order valence-electron chi connectivity index (χ1n) is 7.60. The van der Waals surface area contributed by atoms with Gasteiger partial charge in [-0.1, -0.05) is 72.4 Å². The van der Waals surface area contributed by atoms with Crippen LogP contribution in [0.3, 0.4) is 0 Å². The second-order valence-corrected chi connectivity index (χ2v) is 15.2. The van der Waals surface area contributed by atoms with E-state index in [0.717, 1.165) is 0 Å². The maximum Gasteiger partial charge on any atom is 0.205 e. The Kier molecular flexibility index (Phi) is 3.30. The highest BCUT2D eigenvalue weighted by Crippen LogP contribution is 2.22. The first kappa shape index (κ1) is 14.5. The fraction of sp³-hybridized carbons (Fsp3) is 0.278. The number of fused-ring (bicyclic) bond motifs is 1. The van der Waals surface area contributed by atoms with E-state index in [1.165, 1.54) is 21.6 Å². The van der Waals surface area contributed by atoms with Gasteiger partial charge in [0.1, 0.15) is 8.07 Å². The van der Waals surface area contributed by atoms with Crippen molar-refractivity contribution in [2.75, 3.05) is 0 Å². The maximum atomic E-state index is 5.33. The van der Waals surface area contributed by atoms with Crippen molar-refractivity contribution in [1.82, 2.24) is 0 Å². The van der Waals surface area contributed by atoms with Gasteiger partial charge in [0.25, 0.3) is 0 Å². The Balaban J connectivity index is 2.23. The van der Waals surface area contributed by atoms with Crippen molar-refractivity contribution in [1.29, 1.82) is 0 Å². The van der Waals surface area contributed by atoms with Crippen molar-refractivity contribution in [2.24, 2.45) is 4.66 Å². The van der Waals surface area contributed by atoms with Gasteiger partial charge in [-0.2, -0.15) is 0 Å². The lowest BCUT2D eigenvalue weighted by atomic mass is 10.2. The van der Waals surface area contributed by atoms with Crippen molar-refractivity contribution >= 4 is 32.0 Å². The molecule has 1 aliphatic rings. The summed E-state index contributed by atoms with van der Waals surface area (Å²) < 4.78 is 5.33. The van der Waals surface area contributed by atoms with Crippen LogP contribution in [0, 0.1) is 6.92 Å². The molecule has 1 heterocycles. The molecule has 0 saturated carbocycles.